The highest BCUT2D eigenvalue weighted by atomic mass is 16.6. The molecule has 7 nitrogen and oxygen atoms in total. The number of amides is 1. The molecule has 1 heterocycles. The van der Waals surface area contributed by atoms with Crippen LogP contribution in [0.5, 0.6) is 0 Å². The number of imidazole rings is 1. The maximum Gasteiger partial charge on any atom is 0.432 e. The molecule has 4 rings (SSSR count). The van der Waals surface area contributed by atoms with E-state index < -0.39 is 4.92 Å². The van der Waals surface area contributed by atoms with Crippen molar-refractivity contribution < 1.29 is 9.72 Å². The van der Waals surface area contributed by atoms with Gasteiger partial charge >= 0.3 is 5.95 Å². The molecule has 1 aromatic heterocycles. The minimum Gasteiger partial charge on any atom is -0.390 e. The monoisotopic (exact) mass is 362 g/mol. The third-order valence-corrected chi connectivity index (χ3v) is 4.82. The number of hydrogen-bond acceptors (Lipinski definition) is 4. The second kappa shape index (κ2) is 7.03. The summed E-state index contributed by atoms with van der Waals surface area (Å²) in [5.74, 6) is 0.179. The molecule has 0 unspecified atom stereocenters. The molecule has 7 heteroatoms. The molecule has 0 saturated heterocycles. The smallest absolute Gasteiger partial charge is 0.390 e. The van der Waals surface area contributed by atoms with Crippen molar-refractivity contribution in [3.63, 3.8) is 0 Å². The predicted molar refractivity (Wildman–Crippen MR) is 99.8 cm³/mol. The van der Waals surface area contributed by atoms with Gasteiger partial charge in [0.15, 0.2) is 0 Å². The van der Waals surface area contributed by atoms with E-state index in [1.807, 2.05) is 42.5 Å². The third kappa shape index (κ3) is 3.72. The van der Waals surface area contributed by atoms with Gasteiger partial charge in [-0.15, -0.1) is 0 Å². The van der Waals surface area contributed by atoms with Gasteiger partial charge in [-0.3, -0.25) is 4.79 Å². The van der Waals surface area contributed by atoms with Gasteiger partial charge in [0.2, 0.25) is 5.91 Å². The van der Waals surface area contributed by atoms with Gasteiger partial charge in [-0.1, -0.05) is 59.6 Å². The Labute approximate surface area is 155 Å². The van der Waals surface area contributed by atoms with Crippen LogP contribution in [0.2, 0.25) is 0 Å². The molecular weight excluding hydrogens is 344 g/mol. The zero-order valence-corrected chi connectivity index (χ0v) is 14.5. The molecule has 0 spiro atoms. The number of aromatic nitrogens is 2. The fourth-order valence-electron chi connectivity index (χ4n) is 3.23. The Morgan fingerprint density at radius 1 is 1.19 bits per heavy atom. The average molecular weight is 362 g/mol. The first-order valence-electron chi connectivity index (χ1n) is 8.73. The van der Waals surface area contributed by atoms with E-state index in [0.717, 1.165) is 17.5 Å². The van der Waals surface area contributed by atoms with Gasteiger partial charge in [0, 0.05) is 18.0 Å². The highest BCUT2D eigenvalue weighted by Crippen LogP contribution is 2.47. The molecule has 1 aliphatic carbocycles. The summed E-state index contributed by atoms with van der Waals surface area (Å²) in [6.07, 6.45) is 2.33. The number of H-pyrrole nitrogens is 1. The lowest BCUT2D eigenvalue weighted by atomic mass is 10.1. The van der Waals surface area contributed by atoms with Crippen molar-refractivity contribution in [2.75, 3.05) is 0 Å². The van der Waals surface area contributed by atoms with Gasteiger partial charge in [0.25, 0.3) is 0 Å². The van der Waals surface area contributed by atoms with Gasteiger partial charge < -0.3 is 15.4 Å². The summed E-state index contributed by atoms with van der Waals surface area (Å²) in [6.45, 7) is 0.459. The molecule has 1 saturated carbocycles. The second-order valence-corrected chi connectivity index (χ2v) is 6.65. The van der Waals surface area contributed by atoms with Gasteiger partial charge in [-0.2, -0.15) is 0 Å². The van der Waals surface area contributed by atoms with Crippen molar-refractivity contribution in [1.29, 1.82) is 0 Å². The summed E-state index contributed by atoms with van der Waals surface area (Å²) in [7, 11) is 0. The van der Waals surface area contributed by atoms with Crippen LogP contribution in [0.1, 0.15) is 23.5 Å². The van der Waals surface area contributed by atoms with Crippen LogP contribution in [0.3, 0.4) is 0 Å². The minimum absolute atomic E-state index is 0.0530. The van der Waals surface area contributed by atoms with Crippen LogP contribution >= 0.6 is 0 Å². The van der Waals surface area contributed by atoms with E-state index in [4.69, 9.17) is 0 Å². The van der Waals surface area contributed by atoms with E-state index >= 15 is 0 Å². The van der Waals surface area contributed by atoms with Crippen molar-refractivity contribution in [3.05, 3.63) is 82.0 Å². The zero-order chi connectivity index (χ0) is 18.8. The quantitative estimate of drug-likeness (QED) is 0.518. The summed E-state index contributed by atoms with van der Waals surface area (Å²) in [5, 5.41) is 13.7. The van der Waals surface area contributed by atoms with E-state index in [2.05, 4.69) is 27.4 Å². The Hall–Kier alpha value is -3.48. The molecule has 0 bridgehead atoms. The van der Waals surface area contributed by atoms with Gasteiger partial charge in [0.1, 0.15) is 11.9 Å². The van der Waals surface area contributed by atoms with Crippen LogP contribution < -0.4 is 5.32 Å². The van der Waals surface area contributed by atoms with Crippen molar-refractivity contribution >= 4 is 11.9 Å². The molecular formula is C20H18N4O3. The van der Waals surface area contributed by atoms with Crippen LogP contribution in [0.4, 0.5) is 5.95 Å². The minimum atomic E-state index is -0.562. The standard InChI is InChI=1S/C20H18N4O3/c25-19(17-10-16(17)14-4-2-1-3-5-14)21-11-13-6-8-15(9-7-13)18-12-22-20(23-18)24(26)27/h1-9,12,16-17H,10-11H2,(H,21,25)(H,22,23)/t16-,17-/m0/s1. The zero-order valence-electron chi connectivity index (χ0n) is 14.5. The van der Waals surface area contributed by atoms with Crippen LogP contribution in [0.15, 0.2) is 60.8 Å². The SMILES string of the molecule is O=C(NCc1ccc(-c2cnc([N+](=O)[O-])[nH]2)cc1)[C@H]1C[C@H]1c1ccccc1. The second-order valence-electron chi connectivity index (χ2n) is 6.65. The first-order valence-corrected chi connectivity index (χ1v) is 8.73. The number of rotatable bonds is 6. The topological polar surface area (TPSA) is 101 Å². The molecule has 2 aromatic carbocycles. The predicted octanol–water partition coefficient (Wildman–Crippen LogP) is 3.40. The van der Waals surface area contributed by atoms with Crippen LogP contribution in [0.25, 0.3) is 11.3 Å². The average Bonchev–Trinajstić information content (AvgIpc) is 3.35. The van der Waals surface area contributed by atoms with Gasteiger partial charge in [0.05, 0.1) is 0 Å². The highest BCUT2D eigenvalue weighted by Gasteiger charge is 2.43. The number of nitro groups is 1. The molecule has 3 aromatic rings. The highest BCUT2D eigenvalue weighted by molar-refractivity contribution is 5.82. The first kappa shape index (κ1) is 17.0. The van der Waals surface area contributed by atoms with Crippen LogP contribution in [-0.4, -0.2) is 20.8 Å². The molecule has 1 amide bonds. The maximum atomic E-state index is 12.3. The van der Waals surface area contributed by atoms with E-state index in [0.29, 0.717) is 18.2 Å². The number of nitrogens with one attached hydrogen (secondary N) is 2. The molecule has 136 valence electrons. The summed E-state index contributed by atoms with van der Waals surface area (Å²) in [4.78, 5) is 28.8. The van der Waals surface area contributed by atoms with E-state index in [1.165, 1.54) is 11.8 Å². The van der Waals surface area contributed by atoms with E-state index in [1.54, 1.807) is 0 Å². The lowest BCUT2D eigenvalue weighted by Gasteiger charge is -2.06. The summed E-state index contributed by atoms with van der Waals surface area (Å²) in [6, 6.07) is 17.6. The first-order chi connectivity index (χ1) is 13.1. The number of carbonyl (C=O) groups excluding carboxylic acids is 1. The summed E-state index contributed by atoms with van der Waals surface area (Å²) >= 11 is 0. The molecule has 27 heavy (non-hydrogen) atoms. The number of benzene rings is 2. The number of nitrogens with zero attached hydrogens (tertiary/aromatic N) is 2. The van der Waals surface area contributed by atoms with Gasteiger partial charge in [-0.25, -0.2) is 4.98 Å². The number of hydrogen-bond donors (Lipinski definition) is 2. The Kier molecular flexibility index (Phi) is 4.42. The lowest BCUT2D eigenvalue weighted by Crippen LogP contribution is -2.24. The lowest BCUT2D eigenvalue weighted by molar-refractivity contribution is -0.393. The third-order valence-electron chi connectivity index (χ3n) is 4.82. The molecule has 1 fully saturated rings. The number of aromatic amines is 1. The Morgan fingerprint density at radius 2 is 1.93 bits per heavy atom. The maximum absolute atomic E-state index is 12.3. The Bertz CT molecular complexity index is 966. The van der Waals surface area contributed by atoms with E-state index in [-0.39, 0.29) is 17.8 Å². The Balaban J connectivity index is 1.32. The van der Waals surface area contributed by atoms with Crippen molar-refractivity contribution in [2.24, 2.45) is 5.92 Å². The summed E-state index contributed by atoms with van der Waals surface area (Å²) < 4.78 is 0. The molecule has 0 radical (unpaired) electrons. The fourth-order valence-corrected chi connectivity index (χ4v) is 3.23. The molecule has 2 atom stereocenters. The van der Waals surface area contributed by atoms with Crippen molar-refractivity contribution in [2.45, 2.75) is 18.9 Å². The fraction of sp³-hybridized carbons (Fsp3) is 0.200. The van der Waals surface area contributed by atoms with Crippen LogP contribution in [-0.2, 0) is 11.3 Å². The summed E-state index contributed by atoms with van der Waals surface area (Å²) in [5.41, 5.74) is 3.58. The van der Waals surface area contributed by atoms with E-state index in [9.17, 15) is 14.9 Å². The molecule has 2 N–H and O–H groups in total. The van der Waals surface area contributed by atoms with Crippen molar-refractivity contribution in [3.8, 4) is 11.3 Å². The number of carbonyl (C=O) groups is 1. The largest absolute Gasteiger partial charge is 0.432 e. The normalized spacial score (nSPS) is 18.1. The van der Waals surface area contributed by atoms with Crippen LogP contribution in [0, 0.1) is 16.0 Å². The molecule has 1 aliphatic rings. The molecule has 0 aliphatic heterocycles. The van der Waals surface area contributed by atoms with Gasteiger partial charge in [-0.05, 0) is 28.4 Å². The van der Waals surface area contributed by atoms with Crippen molar-refractivity contribution in [1.82, 2.24) is 15.3 Å². The Morgan fingerprint density at radius 3 is 2.59 bits per heavy atom.